The minimum absolute atomic E-state index is 0.0133. The van der Waals surface area contributed by atoms with E-state index >= 15 is 13.2 Å². The molecule has 71 heavy (non-hydrogen) atoms. The fraction of sp³-hybridized carbons (Fsp3) is 0.660. The molecule has 2 amide bonds. The van der Waals surface area contributed by atoms with Gasteiger partial charge in [0, 0.05) is 93.8 Å². The van der Waals surface area contributed by atoms with E-state index in [1.54, 1.807) is 46.2 Å². The molecule has 0 aliphatic carbocycles. The van der Waals surface area contributed by atoms with Crippen molar-refractivity contribution >= 4 is 46.2 Å². The van der Waals surface area contributed by atoms with Crippen LogP contribution in [0.5, 0.6) is 0 Å². The molecular formula is C50H71F3N8O10. The Morgan fingerprint density at radius 2 is 1.72 bits per heavy atom. The molecule has 0 unspecified atom stereocenters. The molecule has 4 aliphatic heterocycles. The molecule has 1 aromatic carbocycles. The lowest BCUT2D eigenvalue weighted by Gasteiger charge is -2.44. The van der Waals surface area contributed by atoms with E-state index in [1.807, 2.05) is 32.9 Å². The fourth-order valence-corrected chi connectivity index (χ4v) is 9.99. The van der Waals surface area contributed by atoms with Crippen molar-refractivity contribution in [2.75, 3.05) is 96.3 Å². The molecule has 3 aromatic rings. The van der Waals surface area contributed by atoms with Gasteiger partial charge in [0.15, 0.2) is 0 Å². The largest absolute Gasteiger partial charge is 0.468 e. The van der Waals surface area contributed by atoms with Crippen molar-refractivity contribution < 1.29 is 60.8 Å². The van der Waals surface area contributed by atoms with Gasteiger partial charge in [-0.3, -0.25) is 29.3 Å². The van der Waals surface area contributed by atoms with Crippen molar-refractivity contribution in [1.29, 1.82) is 0 Å². The quantitative estimate of drug-likeness (QED) is 0.138. The highest BCUT2D eigenvalue weighted by Gasteiger charge is 2.39. The van der Waals surface area contributed by atoms with E-state index in [4.69, 9.17) is 33.4 Å². The fourth-order valence-electron chi connectivity index (χ4n) is 9.99. The minimum Gasteiger partial charge on any atom is -0.468 e. The summed E-state index contributed by atoms with van der Waals surface area (Å²) in [6.45, 7) is 16.3. The molecule has 0 radical (unpaired) electrons. The number of halogens is 3. The van der Waals surface area contributed by atoms with Crippen LogP contribution in [-0.4, -0.2) is 166 Å². The van der Waals surface area contributed by atoms with Crippen molar-refractivity contribution in [1.82, 2.24) is 30.2 Å². The number of nitrogens with zero attached hydrogens (tertiary/aromatic N) is 6. The Kier molecular flexibility index (Phi) is 16.8. The molecule has 7 rings (SSSR count). The molecule has 0 bridgehead atoms. The number of carbonyl (C=O) groups excluding carboxylic acids is 4. The number of nitrogens with one attached hydrogen (secondary N) is 2. The van der Waals surface area contributed by atoms with Gasteiger partial charge in [0.25, 0.3) is 5.91 Å². The summed E-state index contributed by atoms with van der Waals surface area (Å²) >= 11 is 0. The second-order valence-electron chi connectivity index (χ2n) is 20.8. The zero-order chi connectivity index (χ0) is 51.4. The lowest BCUT2D eigenvalue weighted by Crippen LogP contribution is -2.61. The number of hydrogen-bond acceptors (Lipinski definition) is 15. The molecule has 0 saturated carbocycles. The lowest BCUT2D eigenvalue weighted by atomic mass is 9.84. The molecule has 4 fully saturated rings. The van der Waals surface area contributed by atoms with Gasteiger partial charge in [0.05, 0.1) is 75.1 Å². The van der Waals surface area contributed by atoms with E-state index in [2.05, 4.69) is 25.4 Å². The van der Waals surface area contributed by atoms with Crippen LogP contribution in [0.4, 0.5) is 29.3 Å². The van der Waals surface area contributed by atoms with Crippen molar-refractivity contribution in [3.63, 3.8) is 0 Å². The van der Waals surface area contributed by atoms with Gasteiger partial charge in [-0.15, -0.1) is 0 Å². The van der Waals surface area contributed by atoms with Crippen LogP contribution in [0.15, 0.2) is 30.5 Å². The summed E-state index contributed by atoms with van der Waals surface area (Å²) in [4.78, 5) is 63.6. The number of fused-ring (bicyclic) bond motifs is 2. The van der Waals surface area contributed by atoms with E-state index in [0.717, 1.165) is 18.8 Å². The van der Waals surface area contributed by atoms with Gasteiger partial charge in [-0.2, -0.15) is 13.2 Å². The zero-order valence-electron chi connectivity index (χ0n) is 42.5. The first-order chi connectivity index (χ1) is 33.5. The van der Waals surface area contributed by atoms with Crippen molar-refractivity contribution in [2.24, 2.45) is 5.41 Å². The van der Waals surface area contributed by atoms with Crippen LogP contribution < -0.4 is 20.5 Å². The average molecular weight is 1000 g/mol. The van der Waals surface area contributed by atoms with Crippen LogP contribution in [0.2, 0.25) is 0 Å². The van der Waals surface area contributed by atoms with Crippen molar-refractivity contribution in [2.45, 2.75) is 123 Å². The first-order valence-corrected chi connectivity index (χ1v) is 24.5. The highest BCUT2D eigenvalue weighted by Crippen LogP contribution is 2.44. The van der Waals surface area contributed by atoms with Crippen LogP contribution in [0.1, 0.15) is 85.1 Å². The van der Waals surface area contributed by atoms with Crippen LogP contribution in [0, 0.1) is 5.41 Å². The predicted octanol–water partition coefficient (Wildman–Crippen LogP) is 5.78. The maximum absolute atomic E-state index is 15.0. The number of esters is 2. The summed E-state index contributed by atoms with van der Waals surface area (Å²) < 4.78 is 80.4. The standard InChI is InChI=1S/C50H71F3N8O10/c1-31(66-8)43-38(22-34(25-54-43)58-16-15-57-17-19-68-28-35(57)26-58)44-39(24-49(6,7)30-70-32(2)62)37-21-33(12-13-42(37)60(44)29-50(51,52)53)59-18-20-69-36(27-59)23-41(55-47(65)71-48(3,4)5)45(63)61-14-10-11-40(56-61)46(64)67-9/h12-13,21-22,25,31,35-36,40-41,56H,10-11,14-20,23-24,26-30H2,1-9H3,(H,55,65)/t31-,35-,36-,40-,41-/m0/s1. The molecule has 6 heterocycles. The van der Waals surface area contributed by atoms with Crippen LogP contribution >= 0.6 is 0 Å². The normalized spacial score (nSPS) is 21.4. The number of benzene rings is 1. The number of amides is 2. The van der Waals surface area contributed by atoms with E-state index < -0.39 is 72.0 Å². The number of ether oxygens (including phenoxy) is 6. The number of piperazine rings is 1. The Hall–Kier alpha value is -5.22. The Morgan fingerprint density at radius 1 is 0.958 bits per heavy atom. The maximum Gasteiger partial charge on any atom is 0.408 e. The summed E-state index contributed by atoms with van der Waals surface area (Å²) in [5, 5.41) is 4.64. The predicted molar refractivity (Wildman–Crippen MR) is 259 cm³/mol. The highest BCUT2D eigenvalue weighted by molar-refractivity contribution is 5.95. The molecule has 18 nitrogen and oxygen atoms in total. The number of alkyl carbamates (subject to hydrolysis) is 1. The molecule has 4 saturated heterocycles. The number of methoxy groups -OCH3 is 2. The maximum atomic E-state index is 15.0. The monoisotopic (exact) mass is 1000 g/mol. The number of carbonyl (C=O) groups is 4. The lowest BCUT2D eigenvalue weighted by molar-refractivity contribution is -0.151. The first-order valence-electron chi connectivity index (χ1n) is 24.5. The Bertz CT molecular complexity index is 2390. The number of rotatable bonds is 15. The first kappa shape index (κ1) is 53.6. The number of anilines is 2. The average Bonchev–Trinajstić information content (AvgIpc) is 3.60. The number of pyridine rings is 1. The Balaban J connectivity index is 1.29. The summed E-state index contributed by atoms with van der Waals surface area (Å²) in [5.74, 6) is -1.47. The Morgan fingerprint density at radius 3 is 2.42 bits per heavy atom. The SMILES string of the molecule is COC(=O)[C@@H]1CCCN(C(=O)[C@H](C[C@H]2CN(c3ccc4c(c3)c(CC(C)(C)COC(C)=O)c(-c3cc(N5CCN6CCOC[C@@H]6C5)cnc3[C@H](C)OC)n4CC(F)(F)F)CCO2)NC(=O)OC(C)(C)C)N1. The molecule has 392 valence electrons. The molecular weight excluding hydrogens is 930 g/mol. The molecule has 0 spiro atoms. The third-order valence-electron chi connectivity index (χ3n) is 13.4. The van der Waals surface area contributed by atoms with E-state index in [-0.39, 0.29) is 45.2 Å². The van der Waals surface area contributed by atoms with Crippen LogP contribution in [0.25, 0.3) is 22.2 Å². The number of hydrazine groups is 1. The highest BCUT2D eigenvalue weighted by atomic mass is 19.4. The molecule has 5 atom stereocenters. The third-order valence-corrected chi connectivity index (χ3v) is 13.4. The van der Waals surface area contributed by atoms with E-state index in [9.17, 15) is 19.2 Å². The van der Waals surface area contributed by atoms with Crippen molar-refractivity contribution in [3.8, 4) is 11.3 Å². The summed E-state index contributed by atoms with van der Waals surface area (Å²) in [5.41, 5.74) is 5.11. The van der Waals surface area contributed by atoms with Gasteiger partial charge in [-0.05, 0) is 76.8 Å². The van der Waals surface area contributed by atoms with Gasteiger partial charge in [0.2, 0.25) is 0 Å². The zero-order valence-corrected chi connectivity index (χ0v) is 42.5. The number of morpholine rings is 2. The number of alkyl halides is 3. The summed E-state index contributed by atoms with van der Waals surface area (Å²) in [6, 6.07) is 5.62. The second-order valence-corrected chi connectivity index (χ2v) is 20.8. The van der Waals surface area contributed by atoms with Gasteiger partial charge < -0.3 is 48.1 Å². The smallest absolute Gasteiger partial charge is 0.408 e. The van der Waals surface area contributed by atoms with Crippen molar-refractivity contribution in [3.05, 3.63) is 41.7 Å². The summed E-state index contributed by atoms with van der Waals surface area (Å²) in [6.07, 6.45) is -3.62. The van der Waals surface area contributed by atoms with Crippen LogP contribution in [0.3, 0.4) is 0 Å². The van der Waals surface area contributed by atoms with Gasteiger partial charge in [-0.25, -0.2) is 10.2 Å². The van der Waals surface area contributed by atoms with Gasteiger partial charge >= 0.3 is 24.2 Å². The van der Waals surface area contributed by atoms with Crippen LogP contribution in [-0.2, 0) is 55.8 Å². The van der Waals surface area contributed by atoms with Gasteiger partial charge in [-0.1, -0.05) is 13.8 Å². The number of hydrogen-bond donors (Lipinski definition) is 2. The van der Waals surface area contributed by atoms with E-state index in [1.165, 1.54) is 23.6 Å². The molecule has 2 N–H and O–H groups in total. The molecule has 2 aromatic heterocycles. The topological polar surface area (TPSA) is 178 Å². The molecule has 21 heteroatoms. The third kappa shape index (κ3) is 13.4. The van der Waals surface area contributed by atoms with E-state index in [0.29, 0.717) is 84.8 Å². The van der Waals surface area contributed by atoms with Gasteiger partial charge in [0.1, 0.15) is 24.2 Å². The second kappa shape index (κ2) is 22.3. The molecule has 4 aliphatic rings. The minimum atomic E-state index is -4.62. The number of aromatic nitrogens is 2. The Labute approximate surface area is 413 Å². The summed E-state index contributed by atoms with van der Waals surface area (Å²) in [7, 11) is 2.82.